The van der Waals surface area contributed by atoms with Gasteiger partial charge in [-0.05, 0) is 43.5 Å². The number of hydrogen-bond donors (Lipinski definition) is 0. The van der Waals surface area contributed by atoms with Gasteiger partial charge in [-0.15, -0.1) is 0 Å². The normalized spacial score (nSPS) is 20.9. The zero-order valence-corrected chi connectivity index (χ0v) is 19.4. The topological polar surface area (TPSA) is 57.2 Å². The van der Waals surface area contributed by atoms with Crippen molar-refractivity contribution in [1.29, 1.82) is 0 Å². The minimum Gasteiger partial charge on any atom is -0.748 e. The van der Waals surface area contributed by atoms with E-state index in [1.165, 1.54) is 10.6 Å². The monoisotopic (exact) mass is 400 g/mol. The molecule has 0 radical (unpaired) electrons. The van der Waals surface area contributed by atoms with Crippen molar-refractivity contribution in [3.63, 3.8) is 0 Å². The van der Waals surface area contributed by atoms with E-state index in [0.717, 1.165) is 25.4 Å². The van der Waals surface area contributed by atoms with Gasteiger partial charge < -0.3 is 4.55 Å². The van der Waals surface area contributed by atoms with Gasteiger partial charge in [0.05, 0.1) is 15.4 Å². The van der Waals surface area contributed by atoms with Gasteiger partial charge in [0.25, 0.3) is 0 Å². The van der Waals surface area contributed by atoms with Crippen LogP contribution in [0.4, 0.5) is 0 Å². The van der Waals surface area contributed by atoms with Crippen molar-refractivity contribution in [2.24, 2.45) is 5.92 Å². The maximum absolute atomic E-state index is 11.7. The summed E-state index contributed by atoms with van der Waals surface area (Å²) in [5.41, 5.74) is 0. The first-order valence-electron chi connectivity index (χ1n) is 8.38. The van der Waals surface area contributed by atoms with Gasteiger partial charge in [0.2, 0.25) is 0 Å². The number of rotatable bonds is 5. The van der Waals surface area contributed by atoms with Crippen LogP contribution < -0.4 is 62.0 Å². The Morgan fingerprint density at radius 3 is 1.84 bits per heavy atom. The first-order valence-corrected chi connectivity index (χ1v) is 11.4. The van der Waals surface area contributed by atoms with Crippen LogP contribution in [-0.4, -0.2) is 24.4 Å². The Morgan fingerprint density at radius 2 is 1.36 bits per heavy atom. The van der Waals surface area contributed by atoms with E-state index >= 15 is 0 Å². The molecule has 3 rings (SSSR count). The van der Waals surface area contributed by atoms with Crippen LogP contribution in [-0.2, 0) is 10.1 Å². The van der Waals surface area contributed by atoms with Crippen molar-refractivity contribution in [3.05, 3.63) is 60.7 Å². The van der Waals surface area contributed by atoms with E-state index in [9.17, 15) is 13.0 Å². The van der Waals surface area contributed by atoms with E-state index in [4.69, 9.17) is 0 Å². The molecular formula is C19H22KO3PS. The molecule has 0 saturated heterocycles. The summed E-state index contributed by atoms with van der Waals surface area (Å²) in [6.45, 7) is 0. The minimum absolute atomic E-state index is 0. The second-order valence-corrected chi connectivity index (χ2v) is 10.2. The smallest absolute Gasteiger partial charge is 0.748 e. The second-order valence-electron chi connectivity index (χ2n) is 6.36. The summed E-state index contributed by atoms with van der Waals surface area (Å²) in [6, 6.07) is 20.5. The molecule has 0 spiro atoms. The van der Waals surface area contributed by atoms with Gasteiger partial charge in [-0.2, -0.15) is 0 Å². The van der Waals surface area contributed by atoms with Gasteiger partial charge in [-0.25, -0.2) is 8.42 Å². The molecule has 1 aliphatic rings. The zero-order chi connectivity index (χ0) is 17.0. The van der Waals surface area contributed by atoms with Gasteiger partial charge >= 0.3 is 51.4 Å². The van der Waals surface area contributed by atoms with Crippen molar-refractivity contribution >= 4 is 28.6 Å². The molecule has 2 aromatic rings. The summed E-state index contributed by atoms with van der Waals surface area (Å²) in [4.78, 5) is 0. The van der Waals surface area contributed by atoms with Crippen LogP contribution in [0.5, 0.6) is 0 Å². The van der Waals surface area contributed by atoms with Crippen molar-refractivity contribution in [3.8, 4) is 0 Å². The Labute approximate surface area is 194 Å². The molecule has 1 aliphatic carbocycles. The third-order valence-corrected chi connectivity index (χ3v) is 8.80. The molecule has 0 amide bonds. The molecule has 3 nitrogen and oxygen atoms in total. The van der Waals surface area contributed by atoms with Crippen LogP contribution in [0.3, 0.4) is 0 Å². The molecule has 0 heterocycles. The van der Waals surface area contributed by atoms with Gasteiger partial charge in [-0.1, -0.05) is 73.5 Å². The molecule has 2 atom stereocenters. The average Bonchev–Trinajstić information content (AvgIpc) is 2.61. The summed E-state index contributed by atoms with van der Waals surface area (Å²) >= 11 is 0. The molecule has 0 bridgehead atoms. The summed E-state index contributed by atoms with van der Waals surface area (Å²) in [7, 11) is -4.88. The van der Waals surface area contributed by atoms with E-state index in [2.05, 4.69) is 24.3 Å². The molecular weight excluding hydrogens is 378 g/mol. The summed E-state index contributed by atoms with van der Waals surface area (Å²) in [6.07, 6.45) is 3.99. The van der Waals surface area contributed by atoms with E-state index in [0.29, 0.717) is 6.42 Å². The van der Waals surface area contributed by atoms with Crippen LogP contribution in [0.1, 0.15) is 25.7 Å². The summed E-state index contributed by atoms with van der Waals surface area (Å²) < 4.78 is 35.1. The SMILES string of the molecule is O=S(=O)([O-])C1CCCCC1CP(c1ccccc1)c1ccccc1.[K+]. The van der Waals surface area contributed by atoms with Crippen molar-refractivity contribution in [1.82, 2.24) is 0 Å². The third kappa shape index (κ3) is 5.95. The van der Waals surface area contributed by atoms with Gasteiger partial charge in [-0.3, -0.25) is 0 Å². The van der Waals surface area contributed by atoms with Crippen molar-refractivity contribution < 1.29 is 64.4 Å². The predicted molar refractivity (Wildman–Crippen MR) is 99.4 cm³/mol. The maximum atomic E-state index is 11.7. The predicted octanol–water partition coefficient (Wildman–Crippen LogP) is 0.227. The van der Waals surface area contributed by atoms with Crippen LogP contribution in [0.25, 0.3) is 0 Å². The Bertz CT molecular complexity index is 713. The Kier molecular flexibility index (Phi) is 8.77. The van der Waals surface area contributed by atoms with Crippen molar-refractivity contribution in [2.75, 3.05) is 6.16 Å². The number of hydrogen-bond acceptors (Lipinski definition) is 3. The van der Waals surface area contributed by atoms with Crippen LogP contribution in [0.2, 0.25) is 0 Å². The molecule has 128 valence electrons. The van der Waals surface area contributed by atoms with Crippen molar-refractivity contribution in [2.45, 2.75) is 30.9 Å². The molecule has 1 fully saturated rings. The van der Waals surface area contributed by atoms with E-state index in [-0.39, 0.29) is 57.3 Å². The zero-order valence-electron chi connectivity index (χ0n) is 14.5. The molecule has 2 aromatic carbocycles. The third-order valence-electron chi connectivity index (χ3n) is 4.76. The average molecular weight is 401 g/mol. The fraction of sp³-hybridized carbons (Fsp3) is 0.368. The second kappa shape index (κ2) is 10.1. The van der Waals surface area contributed by atoms with Gasteiger partial charge in [0, 0.05) is 0 Å². The standard InChI is InChI=1S/C19H23O3PS.K/c20-24(21,22)19-14-8-7-9-16(19)15-23(17-10-3-1-4-11-17)18-12-5-2-6-13-18;/h1-6,10-13,16,19H,7-9,14-15H2,(H,20,21,22);/q;+1/p-1. The summed E-state index contributed by atoms with van der Waals surface area (Å²) in [5.74, 6) is -0.0345. The fourth-order valence-electron chi connectivity index (χ4n) is 3.57. The van der Waals surface area contributed by atoms with E-state index < -0.39 is 23.3 Å². The van der Waals surface area contributed by atoms with E-state index in [1.807, 2.05) is 36.4 Å². The van der Waals surface area contributed by atoms with Crippen LogP contribution in [0.15, 0.2) is 60.7 Å². The molecule has 2 unspecified atom stereocenters. The fourth-order valence-corrected chi connectivity index (χ4v) is 7.56. The largest absolute Gasteiger partial charge is 1.00 e. The molecule has 0 aromatic heterocycles. The Hall–Kier alpha value is 0.416. The Balaban J connectivity index is 0.00000225. The first-order chi connectivity index (χ1) is 11.6. The molecule has 0 N–H and O–H groups in total. The molecule has 0 aliphatic heterocycles. The van der Waals surface area contributed by atoms with E-state index in [1.54, 1.807) is 0 Å². The quantitative estimate of drug-likeness (QED) is 0.410. The molecule has 25 heavy (non-hydrogen) atoms. The molecule has 1 saturated carbocycles. The molecule has 6 heteroatoms. The van der Waals surface area contributed by atoms with Gasteiger partial charge in [0.15, 0.2) is 0 Å². The van der Waals surface area contributed by atoms with Crippen LogP contribution >= 0.6 is 7.92 Å². The maximum Gasteiger partial charge on any atom is 1.00 e. The summed E-state index contributed by atoms with van der Waals surface area (Å²) in [5, 5.41) is 1.77. The Morgan fingerprint density at radius 1 is 0.880 bits per heavy atom. The number of benzene rings is 2. The first kappa shape index (κ1) is 21.7. The van der Waals surface area contributed by atoms with Gasteiger partial charge in [0.1, 0.15) is 0 Å². The minimum atomic E-state index is -4.22. The van der Waals surface area contributed by atoms with Crippen LogP contribution in [0, 0.1) is 5.92 Å².